The van der Waals surface area contributed by atoms with Crippen LogP contribution in [0.25, 0.3) is 5.52 Å². The molecule has 6 heteroatoms. The van der Waals surface area contributed by atoms with Crippen molar-refractivity contribution in [2.45, 2.75) is 24.3 Å². The van der Waals surface area contributed by atoms with E-state index < -0.39 is 0 Å². The summed E-state index contributed by atoms with van der Waals surface area (Å²) in [5.41, 5.74) is 2.03. The number of Topliss-reactive ketones (excluding diaryl/α,β-unsaturated/α-hetero) is 1. The number of carbonyl (C=O) groups is 2. The number of para-hydroxylation sites is 1. The number of nitrogens with zero attached hydrogens (tertiary/aromatic N) is 2. The summed E-state index contributed by atoms with van der Waals surface area (Å²) in [6.45, 7) is 3.31. The summed E-state index contributed by atoms with van der Waals surface area (Å²) < 4.78 is 1.94. The average Bonchev–Trinajstić information content (AvgIpc) is 2.98. The standard InChI is InChI=1S/C18H17N3O2S/c1-12(22)15-8-3-4-9-16(15)20-17(23)13(2)24-18-19-11-14-7-5-6-10-21(14)18/h3-11,13H,1-2H3,(H,20,23)/t13-/m0/s1. The summed E-state index contributed by atoms with van der Waals surface area (Å²) in [5.74, 6) is -0.244. The Bertz CT molecular complexity index is 904. The van der Waals surface area contributed by atoms with Crippen LogP contribution in [0.2, 0.25) is 0 Å². The van der Waals surface area contributed by atoms with Crippen molar-refractivity contribution in [3.8, 4) is 0 Å². The van der Waals surface area contributed by atoms with E-state index >= 15 is 0 Å². The summed E-state index contributed by atoms with van der Waals surface area (Å²) >= 11 is 1.38. The SMILES string of the molecule is CC(=O)c1ccccc1NC(=O)[C@H](C)Sc1ncc2ccccn12. The maximum absolute atomic E-state index is 12.5. The first kappa shape index (κ1) is 16.3. The lowest BCUT2D eigenvalue weighted by atomic mass is 10.1. The van der Waals surface area contributed by atoms with Gasteiger partial charge in [-0.2, -0.15) is 0 Å². The lowest BCUT2D eigenvalue weighted by Crippen LogP contribution is -2.23. The molecule has 0 aliphatic heterocycles. The van der Waals surface area contributed by atoms with E-state index in [4.69, 9.17) is 0 Å². The zero-order valence-electron chi connectivity index (χ0n) is 13.4. The van der Waals surface area contributed by atoms with Gasteiger partial charge in [-0.05, 0) is 38.1 Å². The summed E-state index contributed by atoms with van der Waals surface area (Å²) in [4.78, 5) is 28.5. The van der Waals surface area contributed by atoms with Crippen molar-refractivity contribution in [3.63, 3.8) is 0 Å². The molecule has 0 spiro atoms. The van der Waals surface area contributed by atoms with Crippen molar-refractivity contribution >= 4 is 34.7 Å². The number of benzene rings is 1. The molecule has 1 amide bonds. The zero-order valence-corrected chi connectivity index (χ0v) is 14.2. The predicted molar refractivity (Wildman–Crippen MR) is 95.6 cm³/mol. The first-order valence-corrected chi connectivity index (χ1v) is 8.44. The molecule has 5 nitrogen and oxygen atoms in total. The number of ketones is 1. The molecule has 2 aromatic heterocycles. The Kier molecular flexibility index (Phi) is 4.66. The second kappa shape index (κ2) is 6.88. The summed E-state index contributed by atoms with van der Waals surface area (Å²) in [6, 6.07) is 12.8. The maximum atomic E-state index is 12.5. The second-order valence-electron chi connectivity index (χ2n) is 5.39. The number of anilines is 1. The molecule has 0 radical (unpaired) electrons. The van der Waals surface area contributed by atoms with Gasteiger partial charge in [-0.1, -0.05) is 30.0 Å². The van der Waals surface area contributed by atoms with Gasteiger partial charge in [0.25, 0.3) is 0 Å². The van der Waals surface area contributed by atoms with Crippen LogP contribution in [0.15, 0.2) is 60.0 Å². The Morgan fingerprint density at radius 2 is 1.92 bits per heavy atom. The Morgan fingerprint density at radius 1 is 1.17 bits per heavy atom. The molecule has 1 aromatic carbocycles. The number of imidazole rings is 1. The molecule has 0 saturated carbocycles. The predicted octanol–water partition coefficient (Wildman–Crippen LogP) is 3.66. The molecule has 0 aliphatic rings. The smallest absolute Gasteiger partial charge is 0.237 e. The lowest BCUT2D eigenvalue weighted by Gasteiger charge is -2.13. The minimum Gasteiger partial charge on any atom is -0.324 e. The fourth-order valence-corrected chi connectivity index (χ4v) is 3.23. The van der Waals surface area contributed by atoms with Crippen LogP contribution < -0.4 is 5.32 Å². The zero-order chi connectivity index (χ0) is 17.1. The molecule has 24 heavy (non-hydrogen) atoms. The number of thioether (sulfide) groups is 1. The van der Waals surface area contributed by atoms with Gasteiger partial charge in [0.1, 0.15) is 0 Å². The van der Waals surface area contributed by atoms with Gasteiger partial charge < -0.3 is 5.32 Å². The van der Waals surface area contributed by atoms with E-state index in [2.05, 4.69) is 10.3 Å². The molecule has 3 aromatic rings. The first-order chi connectivity index (χ1) is 11.6. The largest absolute Gasteiger partial charge is 0.324 e. The monoisotopic (exact) mass is 339 g/mol. The molecule has 3 rings (SSSR count). The van der Waals surface area contributed by atoms with Gasteiger partial charge in [-0.25, -0.2) is 4.98 Å². The van der Waals surface area contributed by atoms with Crippen molar-refractivity contribution in [1.82, 2.24) is 9.38 Å². The third-order valence-electron chi connectivity index (χ3n) is 3.62. The number of aromatic nitrogens is 2. The minimum atomic E-state index is -0.351. The van der Waals surface area contributed by atoms with Gasteiger partial charge in [0.15, 0.2) is 10.9 Å². The number of hydrogen-bond acceptors (Lipinski definition) is 4. The fraction of sp³-hybridized carbons (Fsp3) is 0.167. The van der Waals surface area contributed by atoms with Crippen molar-refractivity contribution in [3.05, 3.63) is 60.4 Å². The van der Waals surface area contributed by atoms with Crippen LogP contribution in [0.5, 0.6) is 0 Å². The fourth-order valence-electron chi connectivity index (χ4n) is 2.35. The minimum absolute atomic E-state index is 0.0783. The Labute approximate surface area is 144 Å². The van der Waals surface area contributed by atoms with E-state index in [1.165, 1.54) is 18.7 Å². The molecule has 0 aliphatic carbocycles. The highest BCUT2D eigenvalue weighted by Gasteiger charge is 2.19. The number of pyridine rings is 1. The Balaban J connectivity index is 1.75. The van der Waals surface area contributed by atoms with E-state index in [1.807, 2.05) is 35.7 Å². The van der Waals surface area contributed by atoms with Crippen LogP contribution >= 0.6 is 11.8 Å². The quantitative estimate of drug-likeness (QED) is 0.569. The van der Waals surface area contributed by atoms with Crippen molar-refractivity contribution < 1.29 is 9.59 Å². The van der Waals surface area contributed by atoms with E-state index in [9.17, 15) is 9.59 Å². The van der Waals surface area contributed by atoms with Crippen LogP contribution in [0.1, 0.15) is 24.2 Å². The molecule has 0 unspecified atom stereocenters. The lowest BCUT2D eigenvalue weighted by molar-refractivity contribution is -0.115. The van der Waals surface area contributed by atoms with E-state index in [1.54, 1.807) is 30.5 Å². The van der Waals surface area contributed by atoms with Crippen molar-refractivity contribution in [2.75, 3.05) is 5.32 Å². The van der Waals surface area contributed by atoms with Crippen LogP contribution in [-0.2, 0) is 4.79 Å². The number of carbonyl (C=O) groups excluding carboxylic acids is 2. The molecule has 0 saturated heterocycles. The first-order valence-electron chi connectivity index (χ1n) is 7.56. The average molecular weight is 339 g/mol. The highest BCUT2D eigenvalue weighted by molar-refractivity contribution is 8.00. The Hall–Kier alpha value is -2.60. The van der Waals surface area contributed by atoms with Gasteiger partial charge in [0.2, 0.25) is 5.91 Å². The van der Waals surface area contributed by atoms with Crippen molar-refractivity contribution in [1.29, 1.82) is 0 Å². The van der Waals surface area contributed by atoms with Gasteiger partial charge in [-0.3, -0.25) is 14.0 Å². The van der Waals surface area contributed by atoms with Gasteiger partial charge >= 0.3 is 0 Å². The molecular formula is C18H17N3O2S. The third-order valence-corrected chi connectivity index (χ3v) is 4.70. The maximum Gasteiger partial charge on any atom is 0.237 e. The molecule has 2 heterocycles. The number of amides is 1. The Morgan fingerprint density at radius 3 is 2.71 bits per heavy atom. The van der Waals surface area contributed by atoms with Gasteiger partial charge in [0, 0.05) is 11.8 Å². The number of rotatable bonds is 5. The van der Waals surface area contributed by atoms with Crippen LogP contribution in [-0.4, -0.2) is 26.3 Å². The molecular weight excluding hydrogens is 322 g/mol. The third kappa shape index (κ3) is 3.33. The summed E-state index contributed by atoms with van der Waals surface area (Å²) in [6.07, 6.45) is 3.69. The van der Waals surface area contributed by atoms with Crippen LogP contribution in [0, 0.1) is 0 Å². The highest BCUT2D eigenvalue weighted by atomic mass is 32.2. The number of fused-ring (bicyclic) bond motifs is 1. The van der Waals surface area contributed by atoms with Crippen LogP contribution in [0.4, 0.5) is 5.69 Å². The summed E-state index contributed by atoms with van der Waals surface area (Å²) in [7, 11) is 0. The molecule has 1 atom stereocenters. The summed E-state index contributed by atoms with van der Waals surface area (Å²) in [5, 5.41) is 3.24. The topological polar surface area (TPSA) is 63.5 Å². The van der Waals surface area contributed by atoms with E-state index in [-0.39, 0.29) is 16.9 Å². The molecule has 1 N–H and O–H groups in total. The number of hydrogen-bond donors (Lipinski definition) is 1. The normalized spacial score (nSPS) is 12.1. The van der Waals surface area contributed by atoms with Crippen LogP contribution in [0.3, 0.4) is 0 Å². The molecule has 0 fully saturated rings. The van der Waals surface area contributed by atoms with Gasteiger partial charge in [0.05, 0.1) is 22.7 Å². The second-order valence-corrected chi connectivity index (χ2v) is 6.70. The molecule has 122 valence electrons. The van der Waals surface area contributed by atoms with Crippen molar-refractivity contribution in [2.24, 2.45) is 0 Å². The van der Waals surface area contributed by atoms with E-state index in [0.717, 1.165) is 10.7 Å². The van der Waals surface area contributed by atoms with Gasteiger partial charge in [-0.15, -0.1) is 0 Å². The van der Waals surface area contributed by atoms with E-state index in [0.29, 0.717) is 11.3 Å². The highest BCUT2D eigenvalue weighted by Crippen LogP contribution is 2.25. The number of nitrogens with one attached hydrogen (secondary N) is 1. The molecule has 0 bridgehead atoms.